The van der Waals surface area contributed by atoms with Gasteiger partial charge in [0.1, 0.15) is 6.61 Å². The van der Waals surface area contributed by atoms with Crippen LogP contribution in [0.3, 0.4) is 0 Å². The molecular weight excluding hydrogens is 183 g/mol. The van der Waals surface area contributed by atoms with Crippen LogP contribution in [0.1, 0.15) is 9.27 Å². The smallest absolute Gasteiger partial charge is 1.00 e. The van der Waals surface area contributed by atoms with Crippen molar-refractivity contribution in [3.8, 4) is 0 Å². The fourth-order valence-corrected chi connectivity index (χ4v) is 0.610. The molecule has 0 aliphatic rings. The normalized spacial score (nSPS) is 9.90. The van der Waals surface area contributed by atoms with Crippen LogP contribution >= 0.6 is 8.03 Å². The van der Waals surface area contributed by atoms with Crippen LogP contribution < -0.4 is 0 Å². The van der Waals surface area contributed by atoms with Crippen molar-refractivity contribution >= 4 is 51.7 Å². The molecule has 0 spiro atoms. The van der Waals surface area contributed by atoms with Crippen LogP contribution in [0.2, 0.25) is 0 Å². The molecule has 1 N–H and O–H groups in total. The maximum atomic E-state index is 10.2. The van der Waals surface area contributed by atoms with Crippen LogP contribution in [0.4, 0.5) is 0 Å². The molecule has 0 radical (unpaired) electrons. The first-order valence-electron chi connectivity index (χ1n) is 2.38. The van der Waals surface area contributed by atoms with Crippen LogP contribution in [-0.4, -0.2) is 62.1 Å². The van der Waals surface area contributed by atoms with Gasteiger partial charge in [0.2, 0.25) is 0 Å². The van der Waals surface area contributed by atoms with E-state index in [1.165, 1.54) is 6.66 Å². The molecule has 10 heavy (non-hydrogen) atoms. The van der Waals surface area contributed by atoms with Gasteiger partial charge in [-0.1, -0.05) is 0 Å². The SMILES string of the molecule is C[P+](=O)OCCC(=O)O.[Ca+2].[H-].[H-]. The van der Waals surface area contributed by atoms with Crippen LogP contribution in [0.25, 0.3) is 0 Å². The second-order valence-corrected chi connectivity index (χ2v) is 2.55. The van der Waals surface area contributed by atoms with Gasteiger partial charge in [0, 0.05) is 0 Å². The molecule has 0 bridgehead atoms. The van der Waals surface area contributed by atoms with Crippen molar-refractivity contribution in [2.24, 2.45) is 0 Å². The molecule has 56 valence electrons. The molecule has 0 aliphatic heterocycles. The molecule has 1 unspecified atom stereocenters. The Labute approximate surface area is 92.8 Å². The molecule has 0 aliphatic carbocycles. The first kappa shape index (κ1) is 13.4. The van der Waals surface area contributed by atoms with Gasteiger partial charge in [0.05, 0.1) is 6.42 Å². The minimum absolute atomic E-state index is 0. The summed E-state index contributed by atoms with van der Waals surface area (Å²) >= 11 is 0. The van der Waals surface area contributed by atoms with E-state index in [-0.39, 0.29) is 53.6 Å². The summed E-state index contributed by atoms with van der Waals surface area (Å²) in [4.78, 5) is 9.81. The van der Waals surface area contributed by atoms with E-state index in [1.807, 2.05) is 0 Å². The average molecular weight is 193 g/mol. The van der Waals surface area contributed by atoms with Crippen molar-refractivity contribution in [1.29, 1.82) is 0 Å². The molecule has 0 heterocycles. The van der Waals surface area contributed by atoms with E-state index in [0.717, 1.165) is 0 Å². The minimum atomic E-state index is -1.64. The van der Waals surface area contributed by atoms with E-state index in [0.29, 0.717) is 0 Å². The molecule has 4 nitrogen and oxygen atoms in total. The number of rotatable bonds is 4. The van der Waals surface area contributed by atoms with E-state index in [2.05, 4.69) is 4.52 Å². The fraction of sp³-hybridized carbons (Fsp3) is 0.750. The topological polar surface area (TPSA) is 63.6 Å². The second-order valence-electron chi connectivity index (χ2n) is 1.42. The summed E-state index contributed by atoms with van der Waals surface area (Å²) in [6.07, 6.45) is -0.0884. The molecule has 0 rings (SSSR count). The first-order chi connectivity index (χ1) is 4.13. The van der Waals surface area contributed by atoms with Gasteiger partial charge >= 0.3 is 51.7 Å². The van der Waals surface area contributed by atoms with Crippen molar-refractivity contribution in [1.82, 2.24) is 0 Å². The molecule has 0 saturated heterocycles. The van der Waals surface area contributed by atoms with Crippen molar-refractivity contribution in [2.45, 2.75) is 6.42 Å². The van der Waals surface area contributed by atoms with Crippen LogP contribution in [-0.2, 0) is 13.9 Å². The third kappa shape index (κ3) is 11.6. The minimum Gasteiger partial charge on any atom is -1.00 e. The second kappa shape index (κ2) is 7.89. The standard InChI is InChI=1S/C4H7O4P.Ca.2H/c1-9(7)8-3-2-4(5)6;;;/h2-3H2,1H3;;;/q;+2;2*-1/p+1. The number of aliphatic carboxylic acids is 1. The van der Waals surface area contributed by atoms with Gasteiger partial charge in [-0.3, -0.25) is 4.79 Å². The van der Waals surface area contributed by atoms with E-state index < -0.39 is 14.0 Å². The Kier molecular flexibility index (Phi) is 10.6. The maximum Gasteiger partial charge on any atom is 2.00 e. The molecule has 0 amide bonds. The van der Waals surface area contributed by atoms with Gasteiger partial charge in [-0.25, -0.2) is 0 Å². The Bertz CT molecular complexity index is 120. The Balaban J connectivity index is -0.000000107. The Morgan fingerprint density at radius 2 is 2.30 bits per heavy atom. The molecular formula is C4H10CaO4P+. The number of hydrogen-bond acceptors (Lipinski definition) is 3. The molecule has 1 atom stereocenters. The summed E-state index contributed by atoms with van der Waals surface area (Å²) in [6, 6.07) is 0. The molecule has 0 aromatic heterocycles. The summed E-state index contributed by atoms with van der Waals surface area (Å²) in [5.74, 6) is -0.938. The number of carboxylic acids is 1. The Hall–Kier alpha value is 0.790. The molecule has 0 aromatic carbocycles. The predicted molar refractivity (Wildman–Crippen MR) is 39.7 cm³/mol. The summed E-state index contributed by atoms with van der Waals surface area (Å²) in [7, 11) is -1.64. The number of hydrogen-bond donors (Lipinski definition) is 1. The van der Waals surface area contributed by atoms with Crippen LogP contribution in [0.5, 0.6) is 0 Å². The van der Waals surface area contributed by atoms with Gasteiger partial charge in [-0.2, -0.15) is 0 Å². The summed E-state index contributed by atoms with van der Waals surface area (Å²) in [5, 5.41) is 8.05. The summed E-state index contributed by atoms with van der Waals surface area (Å²) < 4.78 is 14.6. The van der Waals surface area contributed by atoms with Gasteiger partial charge in [-0.05, 0) is 4.57 Å². The molecule has 0 saturated carbocycles. The third-order valence-electron chi connectivity index (χ3n) is 0.589. The Morgan fingerprint density at radius 1 is 1.80 bits per heavy atom. The van der Waals surface area contributed by atoms with E-state index >= 15 is 0 Å². The largest absolute Gasteiger partial charge is 2.00 e. The van der Waals surface area contributed by atoms with E-state index in [1.54, 1.807) is 0 Å². The number of carboxylic acid groups (broad SMARTS) is 1. The van der Waals surface area contributed by atoms with Crippen molar-refractivity contribution < 1.29 is 21.8 Å². The van der Waals surface area contributed by atoms with Crippen LogP contribution in [0.15, 0.2) is 0 Å². The molecule has 6 heteroatoms. The zero-order valence-corrected chi connectivity index (χ0v) is 8.84. The van der Waals surface area contributed by atoms with E-state index in [4.69, 9.17) is 5.11 Å². The van der Waals surface area contributed by atoms with Crippen molar-refractivity contribution in [2.75, 3.05) is 13.3 Å². The monoisotopic (exact) mass is 193 g/mol. The van der Waals surface area contributed by atoms with Gasteiger partial charge in [0.25, 0.3) is 0 Å². The third-order valence-corrected chi connectivity index (χ3v) is 1.14. The summed E-state index contributed by atoms with van der Waals surface area (Å²) in [6.45, 7) is 1.41. The van der Waals surface area contributed by atoms with Gasteiger partial charge in [0.15, 0.2) is 6.66 Å². The summed E-state index contributed by atoms with van der Waals surface area (Å²) in [5.41, 5.74) is 0. The zero-order chi connectivity index (χ0) is 7.28. The van der Waals surface area contributed by atoms with Gasteiger partial charge < -0.3 is 7.96 Å². The quantitative estimate of drug-likeness (QED) is 0.527. The van der Waals surface area contributed by atoms with Crippen molar-refractivity contribution in [3.05, 3.63) is 0 Å². The van der Waals surface area contributed by atoms with Gasteiger partial charge in [-0.15, -0.1) is 4.52 Å². The first-order valence-corrected chi connectivity index (χ1v) is 4.01. The maximum absolute atomic E-state index is 10.2. The predicted octanol–water partition coefficient (Wildman–Crippen LogP) is 0.694. The van der Waals surface area contributed by atoms with E-state index in [9.17, 15) is 9.36 Å². The average Bonchev–Trinajstić information content (AvgIpc) is 1.63. The zero-order valence-electron chi connectivity index (χ0n) is 7.74. The fourth-order valence-electron chi connectivity index (χ4n) is 0.262. The number of carbonyl (C=O) groups is 1. The van der Waals surface area contributed by atoms with Crippen molar-refractivity contribution in [3.63, 3.8) is 0 Å². The Morgan fingerprint density at radius 3 is 2.60 bits per heavy atom. The van der Waals surface area contributed by atoms with Crippen LogP contribution in [0, 0.1) is 0 Å². The molecule has 0 fully saturated rings. The molecule has 0 aromatic rings.